The van der Waals surface area contributed by atoms with Crippen LogP contribution in [0.2, 0.25) is 0 Å². The quantitative estimate of drug-likeness (QED) is 0.566. The lowest BCUT2D eigenvalue weighted by Gasteiger charge is -2.33. The van der Waals surface area contributed by atoms with Crippen LogP contribution in [0.3, 0.4) is 0 Å². The molecule has 9 nitrogen and oxygen atoms in total. The van der Waals surface area contributed by atoms with Crippen molar-refractivity contribution in [3.05, 3.63) is 52.7 Å². The number of amides is 1. The summed E-state index contributed by atoms with van der Waals surface area (Å²) in [6.45, 7) is 6.73. The molecule has 1 fully saturated rings. The summed E-state index contributed by atoms with van der Waals surface area (Å²) in [5.41, 5.74) is 0.0779. The molecule has 1 aromatic carbocycles. The Morgan fingerprint density at radius 2 is 1.87 bits per heavy atom. The van der Waals surface area contributed by atoms with Gasteiger partial charge in [-0.25, -0.2) is 9.78 Å². The first kappa shape index (κ1) is 21.4. The van der Waals surface area contributed by atoms with Crippen molar-refractivity contribution < 1.29 is 19.2 Å². The van der Waals surface area contributed by atoms with Crippen LogP contribution >= 0.6 is 0 Å². The van der Waals surface area contributed by atoms with Gasteiger partial charge in [-0.1, -0.05) is 0 Å². The van der Waals surface area contributed by atoms with Gasteiger partial charge in [-0.05, 0) is 51.1 Å². The second-order valence-corrected chi connectivity index (χ2v) is 8.06. The monoisotopic (exact) mass is 414 g/mol. The summed E-state index contributed by atoms with van der Waals surface area (Å²) in [5.74, 6) is 0.887. The maximum Gasteiger partial charge on any atom is 0.410 e. The number of nitrogens with one attached hydrogen (secondary N) is 1. The van der Waals surface area contributed by atoms with Gasteiger partial charge in [-0.15, -0.1) is 0 Å². The van der Waals surface area contributed by atoms with Gasteiger partial charge in [0.25, 0.3) is 0 Å². The Kier molecular flexibility index (Phi) is 6.39. The van der Waals surface area contributed by atoms with E-state index in [9.17, 15) is 14.9 Å². The Morgan fingerprint density at radius 3 is 2.47 bits per heavy atom. The molecular weight excluding hydrogens is 388 g/mol. The van der Waals surface area contributed by atoms with E-state index in [1.807, 2.05) is 20.8 Å². The molecule has 2 heterocycles. The number of aromatic nitrogens is 1. The third kappa shape index (κ3) is 5.82. The third-order valence-electron chi connectivity index (χ3n) is 4.50. The maximum atomic E-state index is 12.1. The van der Waals surface area contributed by atoms with Gasteiger partial charge in [0.05, 0.1) is 4.92 Å². The molecule has 9 heteroatoms. The summed E-state index contributed by atoms with van der Waals surface area (Å²) in [5, 5.41) is 14.0. The lowest BCUT2D eigenvalue weighted by Crippen LogP contribution is -2.44. The van der Waals surface area contributed by atoms with E-state index in [0.29, 0.717) is 24.5 Å². The lowest BCUT2D eigenvalue weighted by atomic mass is 10.1. The van der Waals surface area contributed by atoms with Gasteiger partial charge in [-0.2, -0.15) is 0 Å². The number of benzene rings is 1. The molecule has 3 rings (SSSR count). The maximum absolute atomic E-state index is 12.1. The van der Waals surface area contributed by atoms with Crippen LogP contribution in [0, 0.1) is 10.1 Å². The third-order valence-corrected chi connectivity index (χ3v) is 4.50. The average molecular weight is 414 g/mol. The number of piperidine rings is 1. The van der Waals surface area contributed by atoms with Crippen LogP contribution in [0.4, 0.5) is 22.0 Å². The number of anilines is 2. The highest BCUT2D eigenvalue weighted by molar-refractivity contribution is 5.68. The number of hydrogen-bond acceptors (Lipinski definition) is 7. The minimum atomic E-state index is -0.504. The molecule has 1 aliphatic heterocycles. The number of ether oxygens (including phenoxy) is 2. The summed E-state index contributed by atoms with van der Waals surface area (Å²) in [4.78, 5) is 28.5. The van der Waals surface area contributed by atoms with Crippen molar-refractivity contribution in [2.75, 3.05) is 18.4 Å². The minimum Gasteiger partial charge on any atom is -0.490 e. The van der Waals surface area contributed by atoms with Gasteiger partial charge < -0.3 is 19.7 Å². The Labute approximate surface area is 175 Å². The van der Waals surface area contributed by atoms with Gasteiger partial charge in [0.15, 0.2) is 0 Å². The van der Waals surface area contributed by atoms with E-state index < -0.39 is 10.5 Å². The number of carbonyl (C=O) groups excluding carboxylic acids is 1. The van der Waals surface area contributed by atoms with E-state index in [1.54, 1.807) is 29.2 Å². The first-order valence-electron chi connectivity index (χ1n) is 9.82. The topological polar surface area (TPSA) is 107 Å². The zero-order valence-electron chi connectivity index (χ0n) is 17.3. The number of nitro groups is 1. The van der Waals surface area contributed by atoms with E-state index >= 15 is 0 Å². The molecule has 30 heavy (non-hydrogen) atoms. The zero-order valence-corrected chi connectivity index (χ0v) is 17.3. The predicted octanol–water partition coefficient (Wildman–Crippen LogP) is 4.51. The smallest absolute Gasteiger partial charge is 0.410 e. The molecule has 0 saturated carbocycles. The number of likely N-dealkylation sites (tertiary alicyclic amines) is 1. The van der Waals surface area contributed by atoms with E-state index in [4.69, 9.17) is 9.47 Å². The number of carbonyl (C=O) groups is 1. The summed E-state index contributed by atoms with van der Waals surface area (Å²) < 4.78 is 11.4. The molecule has 1 aromatic heterocycles. The van der Waals surface area contributed by atoms with Gasteiger partial charge in [0, 0.05) is 43.9 Å². The first-order chi connectivity index (χ1) is 14.2. The summed E-state index contributed by atoms with van der Waals surface area (Å²) in [6.07, 6.45) is 2.66. The van der Waals surface area contributed by atoms with Gasteiger partial charge >= 0.3 is 11.8 Å². The van der Waals surface area contributed by atoms with E-state index in [1.165, 1.54) is 18.3 Å². The van der Waals surface area contributed by atoms with Crippen molar-refractivity contribution in [1.82, 2.24) is 9.88 Å². The summed E-state index contributed by atoms with van der Waals surface area (Å²) >= 11 is 0. The molecule has 1 amide bonds. The molecule has 2 aromatic rings. The van der Waals surface area contributed by atoms with Crippen LogP contribution in [-0.2, 0) is 4.74 Å². The van der Waals surface area contributed by atoms with Gasteiger partial charge in [0.1, 0.15) is 17.5 Å². The van der Waals surface area contributed by atoms with Crippen LogP contribution in [0.1, 0.15) is 33.6 Å². The largest absolute Gasteiger partial charge is 0.490 e. The highest BCUT2D eigenvalue weighted by atomic mass is 16.6. The van der Waals surface area contributed by atoms with Crippen molar-refractivity contribution in [3.8, 4) is 5.75 Å². The van der Waals surface area contributed by atoms with Crippen molar-refractivity contribution in [1.29, 1.82) is 0 Å². The predicted molar refractivity (Wildman–Crippen MR) is 112 cm³/mol. The second kappa shape index (κ2) is 8.98. The number of rotatable bonds is 5. The molecule has 1 N–H and O–H groups in total. The molecule has 0 spiro atoms. The Morgan fingerprint density at radius 1 is 1.20 bits per heavy atom. The number of hydrogen-bond donors (Lipinski definition) is 1. The summed E-state index contributed by atoms with van der Waals surface area (Å²) in [6, 6.07) is 10.1. The Balaban J connectivity index is 1.52. The number of pyridine rings is 1. The van der Waals surface area contributed by atoms with Crippen molar-refractivity contribution >= 4 is 23.3 Å². The van der Waals surface area contributed by atoms with Crippen molar-refractivity contribution in [3.63, 3.8) is 0 Å². The standard InChI is InChI=1S/C21H26N4O5/c1-21(2,3)30-20(26)24-13-10-17(11-14-24)29-16-8-6-15(7-9-16)23-19-18(25(27)28)5-4-12-22-19/h4-9,12,17H,10-11,13-14H2,1-3H3,(H,22,23). The average Bonchev–Trinajstić information content (AvgIpc) is 2.69. The van der Waals surface area contributed by atoms with E-state index in [-0.39, 0.29) is 23.7 Å². The molecule has 0 atom stereocenters. The molecule has 0 aliphatic carbocycles. The summed E-state index contributed by atoms with van der Waals surface area (Å²) in [7, 11) is 0. The minimum absolute atomic E-state index is 0.0133. The van der Waals surface area contributed by atoms with Crippen molar-refractivity contribution in [2.24, 2.45) is 0 Å². The highest BCUT2D eigenvalue weighted by Crippen LogP contribution is 2.27. The first-order valence-corrected chi connectivity index (χ1v) is 9.82. The Bertz CT molecular complexity index is 887. The number of nitrogens with zero attached hydrogens (tertiary/aromatic N) is 3. The molecule has 160 valence electrons. The van der Waals surface area contributed by atoms with E-state index in [2.05, 4.69) is 10.3 Å². The molecule has 1 saturated heterocycles. The SMILES string of the molecule is CC(C)(C)OC(=O)N1CCC(Oc2ccc(Nc3ncccc3[N+](=O)[O-])cc2)CC1. The molecular formula is C21H26N4O5. The van der Waals surface area contributed by atoms with Crippen LogP contribution in [-0.4, -0.2) is 45.7 Å². The molecule has 0 radical (unpaired) electrons. The van der Waals surface area contributed by atoms with Gasteiger partial charge in [-0.3, -0.25) is 10.1 Å². The van der Waals surface area contributed by atoms with Crippen LogP contribution in [0.15, 0.2) is 42.6 Å². The normalized spacial score (nSPS) is 14.8. The van der Waals surface area contributed by atoms with E-state index in [0.717, 1.165) is 12.8 Å². The van der Waals surface area contributed by atoms with Crippen LogP contribution in [0.25, 0.3) is 0 Å². The van der Waals surface area contributed by atoms with Gasteiger partial charge in [0.2, 0.25) is 5.82 Å². The fraction of sp³-hybridized carbons (Fsp3) is 0.429. The Hall–Kier alpha value is -3.36. The molecule has 1 aliphatic rings. The lowest BCUT2D eigenvalue weighted by molar-refractivity contribution is -0.384. The fourth-order valence-corrected chi connectivity index (χ4v) is 3.07. The van der Waals surface area contributed by atoms with Crippen LogP contribution < -0.4 is 10.1 Å². The zero-order chi connectivity index (χ0) is 21.7. The molecule has 0 bridgehead atoms. The fourth-order valence-electron chi connectivity index (χ4n) is 3.07. The van der Waals surface area contributed by atoms with Crippen molar-refractivity contribution in [2.45, 2.75) is 45.3 Å². The van der Waals surface area contributed by atoms with Crippen LogP contribution in [0.5, 0.6) is 5.75 Å². The highest BCUT2D eigenvalue weighted by Gasteiger charge is 2.27. The molecule has 0 unspecified atom stereocenters. The second-order valence-electron chi connectivity index (χ2n) is 8.06.